The number of anilines is 1. The molecule has 0 aliphatic carbocycles. The van der Waals surface area contributed by atoms with E-state index in [1.165, 1.54) is 25.5 Å². The first kappa shape index (κ1) is 23.4. The summed E-state index contributed by atoms with van der Waals surface area (Å²) in [7, 11) is 1.48. The molecule has 9 heteroatoms. The minimum atomic E-state index is -0.371. The zero-order valence-electron chi connectivity index (χ0n) is 17.0. The van der Waals surface area contributed by atoms with Crippen LogP contribution in [0.1, 0.15) is 11.1 Å². The van der Waals surface area contributed by atoms with Crippen LogP contribution >= 0.6 is 23.2 Å². The molecule has 0 saturated heterocycles. The molecule has 0 aliphatic heterocycles. The number of halogens is 3. The van der Waals surface area contributed by atoms with Gasteiger partial charge in [-0.15, -0.1) is 0 Å². The van der Waals surface area contributed by atoms with Gasteiger partial charge in [0.1, 0.15) is 12.4 Å². The van der Waals surface area contributed by atoms with Gasteiger partial charge in [0.05, 0.1) is 18.3 Å². The summed E-state index contributed by atoms with van der Waals surface area (Å²) < 4.78 is 24.1. The van der Waals surface area contributed by atoms with Crippen molar-refractivity contribution in [2.24, 2.45) is 5.16 Å². The Morgan fingerprint density at radius 1 is 1.09 bits per heavy atom. The first-order chi connectivity index (χ1) is 15.4. The highest BCUT2D eigenvalue weighted by atomic mass is 35.5. The fraction of sp³-hybridized carbons (Fsp3) is 0.130. The fourth-order valence-electron chi connectivity index (χ4n) is 2.61. The molecule has 0 atom stereocenters. The first-order valence-corrected chi connectivity index (χ1v) is 10.2. The predicted molar refractivity (Wildman–Crippen MR) is 122 cm³/mol. The van der Waals surface area contributed by atoms with E-state index < -0.39 is 0 Å². The molecule has 32 heavy (non-hydrogen) atoms. The Labute approximate surface area is 194 Å². The lowest BCUT2D eigenvalue weighted by Crippen LogP contribution is -2.16. The number of nitrogens with one attached hydrogen (secondary N) is 1. The zero-order valence-corrected chi connectivity index (χ0v) is 18.5. The predicted octanol–water partition coefficient (Wildman–Crippen LogP) is 5.71. The van der Waals surface area contributed by atoms with E-state index in [0.717, 1.165) is 5.56 Å². The van der Waals surface area contributed by atoms with E-state index >= 15 is 0 Å². The molecule has 1 amide bonds. The van der Waals surface area contributed by atoms with Crippen LogP contribution in [-0.2, 0) is 16.2 Å². The van der Waals surface area contributed by atoms with Crippen LogP contribution in [-0.4, -0.2) is 25.8 Å². The molecule has 0 radical (unpaired) electrons. The second-order valence-corrected chi connectivity index (χ2v) is 7.36. The van der Waals surface area contributed by atoms with Crippen LogP contribution in [0.2, 0.25) is 10.0 Å². The molecule has 0 saturated carbocycles. The number of oxime groups is 1. The second-order valence-electron chi connectivity index (χ2n) is 6.51. The molecular formula is C23H19Cl2FN2O4. The molecule has 6 nitrogen and oxygen atoms in total. The van der Waals surface area contributed by atoms with Crippen molar-refractivity contribution in [3.63, 3.8) is 0 Å². The number of methoxy groups -OCH3 is 1. The summed E-state index contributed by atoms with van der Waals surface area (Å²) in [5.41, 5.74) is 1.96. The third-order valence-corrected chi connectivity index (χ3v) is 4.68. The molecule has 0 heterocycles. The molecule has 1 N–H and O–H groups in total. The van der Waals surface area contributed by atoms with Crippen LogP contribution < -0.4 is 14.8 Å². The Hall–Kier alpha value is -3.29. The number of rotatable bonds is 9. The zero-order chi connectivity index (χ0) is 22.9. The molecular weight excluding hydrogens is 458 g/mol. The van der Waals surface area contributed by atoms with Crippen LogP contribution in [0.5, 0.6) is 11.5 Å². The molecule has 3 rings (SSSR count). The minimum Gasteiger partial charge on any atom is -0.493 e. The topological polar surface area (TPSA) is 69.2 Å². The van der Waals surface area contributed by atoms with Gasteiger partial charge in [-0.2, -0.15) is 0 Å². The maximum absolute atomic E-state index is 13.0. The Morgan fingerprint density at radius 2 is 1.81 bits per heavy atom. The van der Waals surface area contributed by atoms with Crippen molar-refractivity contribution in [1.29, 1.82) is 0 Å². The molecule has 0 unspecified atom stereocenters. The van der Waals surface area contributed by atoms with E-state index in [0.29, 0.717) is 32.8 Å². The molecule has 0 spiro atoms. The van der Waals surface area contributed by atoms with Crippen LogP contribution in [0, 0.1) is 5.82 Å². The Kier molecular flexibility index (Phi) is 8.30. The van der Waals surface area contributed by atoms with Crippen molar-refractivity contribution in [2.45, 2.75) is 6.61 Å². The van der Waals surface area contributed by atoms with Gasteiger partial charge in [-0.1, -0.05) is 40.5 Å². The van der Waals surface area contributed by atoms with Gasteiger partial charge in [0, 0.05) is 16.3 Å². The van der Waals surface area contributed by atoms with Crippen molar-refractivity contribution in [2.75, 3.05) is 19.0 Å². The molecule has 3 aromatic rings. The number of ether oxygens (including phenoxy) is 2. The van der Waals surface area contributed by atoms with Crippen LogP contribution in [0.4, 0.5) is 10.1 Å². The smallest absolute Gasteiger partial charge is 0.265 e. The highest BCUT2D eigenvalue weighted by Gasteiger charge is 2.12. The van der Waals surface area contributed by atoms with Crippen molar-refractivity contribution in [3.8, 4) is 11.5 Å². The van der Waals surface area contributed by atoms with E-state index in [2.05, 4.69) is 10.5 Å². The number of carbonyl (C=O) groups excluding carboxylic acids is 1. The van der Waals surface area contributed by atoms with Gasteiger partial charge in [0.25, 0.3) is 5.91 Å². The number of amides is 1. The normalized spacial score (nSPS) is 10.8. The SMILES string of the molecule is COc1cc(C=NOCC(=O)Nc2ccc(Cl)cc2)cc(Cl)c1OCc1ccc(F)cc1. The number of hydrogen-bond donors (Lipinski definition) is 1. The number of carbonyl (C=O) groups is 1. The molecule has 0 fully saturated rings. The monoisotopic (exact) mass is 476 g/mol. The number of benzene rings is 3. The van der Waals surface area contributed by atoms with E-state index in [-0.39, 0.29) is 24.9 Å². The van der Waals surface area contributed by atoms with Crippen molar-refractivity contribution in [3.05, 3.63) is 87.7 Å². The Morgan fingerprint density at radius 3 is 2.50 bits per heavy atom. The lowest BCUT2D eigenvalue weighted by molar-refractivity contribution is -0.120. The van der Waals surface area contributed by atoms with Gasteiger partial charge in [0.2, 0.25) is 0 Å². The van der Waals surface area contributed by atoms with Crippen molar-refractivity contribution in [1.82, 2.24) is 0 Å². The molecule has 0 bridgehead atoms. The van der Waals surface area contributed by atoms with Gasteiger partial charge in [0.15, 0.2) is 18.1 Å². The van der Waals surface area contributed by atoms with Crippen molar-refractivity contribution >= 4 is 41.0 Å². The summed E-state index contributed by atoms with van der Waals surface area (Å²) in [6.07, 6.45) is 1.40. The van der Waals surface area contributed by atoms with Gasteiger partial charge in [-0.05, 0) is 54.1 Å². The van der Waals surface area contributed by atoms with Crippen molar-refractivity contribution < 1.29 is 23.5 Å². The minimum absolute atomic E-state index is 0.190. The molecule has 3 aromatic carbocycles. The van der Waals surface area contributed by atoms with E-state index in [1.54, 1.807) is 48.5 Å². The maximum atomic E-state index is 13.0. The highest BCUT2D eigenvalue weighted by molar-refractivity contribution is 6.32. The lowest BCUT2D eigenvalue weighted by atomic mass is 10.2. The largest absolute Gasteiger partial charge is 0.493 e. The maximum Gasteiger partial charge on any atom is 0.265 e. The van der Waals surface area contributed by atoms with E-state index in [4.69, 9.17) is 37.5 Å². The first-order valence-electron chi connectivity index (χ1n) is 9.40. The van der Waals surface area contributed by atoms with Gasteiger partial charge >= 0.3 is 0 Å². The summed E-state index contributed by atoms with van der Waals surface area (Å²) >= 11 is 12.1. The van der Waals surface area contributed by atoms with Gasteiger partial charge in [-0.3, -0.25) is 4.79 Å². The summed E-state index contributed by atoms with van der Waals surface area (Å²) in [6, 6.07) is 15.9. The molecule has 0 aliphatic rings. The third-order valence-electron chi connectivity index (χ3n) is 4.15. The Bertz CT molecular complexity index is 1090. The summed E-state index contributed by atoms with van der Waals surface area (Å²) in [5, 5.41) is 7.32. The lowest BCUT2D eigenvalue weighted by Gasteiger charge is -2.13. The number of nitrogens with zero attached hydrogens (tertiary/aromatic N) is 1. The fourth-order valence-corrected chi connectivity index (χ4v) is 3.01. The van der Waals surface area contributed by atoms with E-state index in [9.17, 15) is 9.18 Å². The van der Waals surface area contributed by atoms with Gasteiger partial charge < -0.3 is 19.6 Å². The summed E-state index contributed by atoms with van der Waals surface area (Å²) in [6.45, 7) is -0.0848. The van der Waals surface area contributed by atoms with Gasteiger partial charge in [-0.25, -0.2) is 4.39 Å². The quantitative estimate of drug-likeness (QED) is 0.317. The number of hydrogen-bond acceptors (Lipinski definition) is 5. The van der Waals surface area contributed by atoms with E-state index in [1.807, 2.05) is 0 Å². The van der Waals surface area contributed by atoms with Crippen LogP contribution in [0.15, 0.2) is 65.8 Å². The summed E-state index contributed by atoms with van der Waals surface area (Å²) in [4.78, 5) is 16.9. The third kappa shape index (κ3) is 6.87. The van der Waals surface area contributed by atoms with Crippen LogP contribution in [0.3, 0.4) is 0 Å². The summed E-state index contributed by atoms with van der Waals surface area (Å²) in [5.74, 6) is 0.0442. The Balaban J connectivity index is 1.56. The average molecular weight is 477 g/mol. The standard InChI is InChI=1S/C23H19Cl2FN2O4/c1-30-21-11-16(10-20(25)23(21)31-13-15-2-6-18(26)7-3-15)12-27-32-14-22(29)28-19-8-4-17(24)5-9-19/h2-12H,13-14H2,1H3,(H,28,29). The second kappa shape index (κ2) is 11.4. The molecule has 166 valence electrons. The van der Waals surface area contributed by atoms with Crippen LogP contribution in [0.25, 0.3) is 0 Å². The average Bonchev–Trinajstić information content (AvgIpc) is 2.78. The molecule has 0 aromatic heterocycles. The highest BCUT2D eigenvalue weighted by Crippen LogP contribution is 2.36.